The molecule has 0 N–H and O–H groups in total. The highest BCUT2D eigenvalue weighted by Gasteiger charge is 2.03. The zero-order chi connectivity index (χ0) is 11.1. The highest BCUT2D eigenvalue weighted by atomic mass is 32.2. The molecule has 1 aromatic rings. The highest BCUT2D eigenvalue weighted by molar-refractivity contribution is 7.94. The zero-order valence-corrected chi connectivity index (χ0v) is 9.35. The van der Waals surface area contributed by atoms with E-state index in [1.807, 2.05) is 6.92 Å². The molecule has 0 saturated carbocycles. The van der Waals surface area contributed by atoms with Gasteiger partial charge in [0.15, 0.2) is 0 Å². The van der Waals surface area contributed by atoms with Gasteiger partial charge < -0.3 is 4.74 Å². The number of hydrogen-bond donors (Lipinski definition) is 0. The van der Waals surface area contributed by atoms with Crippen molar-refractivity contribution in [3.8, 4) is 5.75 Å². The maximum Gasteiger partial charge on any atom is 0.311 e. The van der Waals surface area contributed by atoms with Crippen molar-refractivity contribution in [3.05, 3.63) is 24.3 Å². The second-order valence-corrected chi connectivity index (χ2v) is 3.75. The quantitative estimate of drug-likeness (QED) is 0.567. The lowest BCUT2D eigenvalue weighted by atomic mass is 10.2. The van der Waals surface area contributed by atoms with Crippen molar-refractivity contribution < 1.29 is 13.4 Å². The number of rotatable bonds is 5. The molecule has 4 heteroatoms. The minimum Gasteiger partial charge on any atom is -0.427 e. The molecule has 0 bridgehead atoms. The van der Waals surface area contributed by atoms with E-state index in [0.29, 0.717) is 17.1 Å². The van der Waals surface area contributed by atoms with Crippen LogP contribution < -0.4 is 4.74 Å². The second kappa shape index (κ2) is 6.45. The fourth-order valence-corrected chi connectivity index (χ4v) is 1.30. The Kier molecular flexibility index (Phi) is 5.18. The standard InChI is InChI=1S/C11H13FO2S/c1-2-3-4-11(13)14-9-5-7-10(15-12)8-6-9/h5-8H,2-4H2,1H3. The molecule has 1 aromatic carbocycles. The van der Waals surface area contributed by atoms with Gasteiger partial charge in [-0.25, -0.2) is 0 Å². The molecule has 0 aliphatic heterocycles. The number of unbranched alkanes of at least 4 members (excludes halogenated alkanes) is 1. The van der Waals surface area contributed by atoms with Gasteiger partial charge in [0.1, 0.15) is 5.75 Å². The fraction of sp³-hybridized carbons (Fsp3) is 0.364. The Morgan fingerprint density at radius 3 is 2.60 bits per heavy atom. The first-order valence-electron chi connectivity index (χ1n) is 4.85. The van der Waals surface area contributed by atoms with Gasteiger partial charge >= 0.3 is 5.97 Å². The molecule has 0 fully saturated rings. The zero-order valence-electron chi connectivity index (χ0n) is 8.53. The summed E-state index contributed by atoms with van der Waals surface area (Å²) in [7, 11) is 0. The Labute approximate surface area is 93.1 Å². The number of carbonyl (C=O) groups excluding carboxylic acids is 1. The number of benzene rings is 1. The lowest BCUT2D eigenvalue weighted by Crippen LogP contribution is -2.06. The average Bonchev–Trinajstić information content (AvgIpc) is 2.27. The minimum absolute atomic E-state index is 0.170. The summed E-state index contributed by atoms with van der Waals surface area (Å²) >= 11 is 0.170. The van der Waals surface area contributed by atoms with E-state index >= 15 is 0 Å². The van der Waals surface area contributed by atoms with Crippen LogP contribution in [0.3, 0.4) is 0 Å². The molecule has 1 rings (SSSR count). The maximum atomic E-state index is 12.1. The van der Waals surface area contributed by atoms with Crippen molar-refractivity contribution in [2.24, 2.45) is 0 Å². The van der Waals surface area contributed by atoms with Gasteiger partial charge in [-0.15, -0.1) is 0 Å². The van der Waals surface area contributed by atoms with E-state index in [2.05, 4.69) is 0 Å². The first-order chi connectivity index (χ1) is 7.26. The van der Waals surface area contributed by atoms with Gasteiger partial charge in [0, 0.05) is 11.3 Å². The van der Waals surface area contributed by atoms with Crippen LogP contribution in [-0.4, -0.2) is 5.97 Å². The van der Waals surface area contributed by atoms with Crippen molar-refractivity contribution in [2.75, 3.05) is 0 Å². The molecule has 0 atom stereocenters. The van der Waals surface area contributed by atoms with Crippen molar-refractivity contribution in [1.29, 1.82) is 0 Å². The summed E-state index contributed by atoms with van der Waals surface area (Å²) in [5.41, 5.74) is 0. The predicted octanol–water partition coefficient (Wildman–Crippen LogP) is 3.76. The van der Waals surface area contributed by atoms with Gasteiger partial charge in [-0.1, -0.05) is 13.3 Å². The lowest BCUT2D eigenvalue weighted by molar-refractivity contribution is -0.134. The maximum absolute atomic E-state index is 12.1. The molecule has 2 nitrogen and oxygen atoms in total. The molecule has 0 saturated heterocycles. The molecule has 0 heterocycles. The van der Waals surface area contributed by atoms with E-state index in [4.69, 9.17) is 4.74 Å². The van der Waals surface area contributed by atoms with E-state index in [1.165, 1.54) is 0 Å². The molecule has 0 aliphatic rings. The normalized spacial score (nSPS) is 10.0. The highest BCUT2D eigenvalue weighted by Crippen LogP contribution is 2.22. The van der Waals surface area contributed by atoms with E-state index in [-0.39, 0.29) is 18.1 Å². The van der Waals surface area contributed by atoms with E-state index < -0.39 is 0 Å². The van der Waals surface area contributed by atoms with Gasteiger partial charge in [0.2, 0.25) is 0 Å². The summed E-state index contributed by atoms with van der Waals surface area (Å²) in [6, 6.07) is 6.33. The Morgan fingerprint density at radius 1 is 1.40 bits per heavy atom. The van der Waals surface area contributed by atoms with Gasteiger partial charge in [0.05, 0.1) is 12.1 Å². The third-order valence-corrected chi connectivity index (χ3v) is 2.33. The summed E-state index contributed by atoms with van der Waals surface area (Å²) < 4.78 is 17.1. The van der Waals surface area contributed by atoms with Crippen molar-refractivity contribution >= 4 is 18.1 Å². The molecular weight excluding hydrogens is 215 g/mol. The van der Waals surface area contributed by atoms with Crippen LogP contribution in [0.15, 0.2) is 29.2 Å². The molecule has 15 heavy (non-hydrogen) atoms. The molecular formula is C11H13FO2S. The first-order valence-corrected chi connectivity index (χ1v) is 5.57. The molecule has 0 aliphatic carbocycles. The van der Waals surface area contributed by atoms with Crippen LogP contribution in [0, 0.1) is 0 Å². The predicted molar refractivity (Wildman–Crippen MR) is 58.6 cm³/mol. The van der Waals surface area contributed by atoms with E-state index in [0.717, 1.165) is 12.8 Å². The van der Waals surface area contributed by atoms with Crippen LogP contribution in [0.4, 0.5) is 3.89 Å². The first kappa shape index (κ1) is 12.0. The summed E-state index contributed by atoms with van der Waals surface area (Å²) in [5, 5.41) is 0. The summed E-state index contributed by atoms with van der Waals surface area (Å²) in [4.78, 5) is 11.7. The number of ether oxygens (including phenoxy) is 1. The molecule has 0 amide bonds. The van der Waals surface area contributed by atoms with Gasteiger partial charge in [-0.2, -0.15) is 3.89 Å². The topological polar surface area (TPSA) is 26.3 Å². The van der Waals surface area contributed by atoms with Crippen molar-refractivity contribution in [3.63, 3.8) is 0 Å². The van der Waals surface area contributed by atoms with Crippen LogP contribution >= 0.6 is 12.1 Å². The number of carbonyl (C=O) groups is 1. The fourth-order valence-electron chi connectivity index (χ4n) is 1.06. The Hall–Kier alpha value is -1.03. The third kappa shape index (κ3) is 4.34. The number of esters is 1. The van der Waals surface area contributed by atoms with Crippen LogP contribution in [-0.2, 0) is 4.79 Å². The summed E-state index contributed by atoms with van der Waals surface area (Å²) in [6.45, 7) is 2.01. The SMILES string of the molecule is CCCCC(=O)Oc1ccc(SF)cc1. The van der Waals surface area contributed by atoms with Gasteiger partial charge in [-0.05, 0) is 30.7 Å². The Morgan fingerprint density at radius 2 is 2.07 bits per heavy atom. The Balaban J connectivity index is 2.46. The Bertz CT molecular complexity index is 311. The monoisotopic (exact) mass is 228 g/mol. The van der Waals surface area contributed by atoms with Crippen molar-refractivity contribution in [2.45, 2.75) is 31.1 Å². The number of halogens is 1. The minimum atomic E-state index is -0.238. The smallest absolute Gasteiger partial charge is 0.311 e. The summed E-state index contributed by atoms with van der Waals surface area (Å²) in [5.74, 6) is 0.228. The second-order valence-electron chi connectivity index (χ2n) is 3.13. The summed E-state index contributed by atoms with van der Waals surface area (Å²) in [6.07, 6.45) is 2.22. The number of hydrogen-bond acceptors (Lipinski definition) is 3. The van der Waals surface area contributed by atoms with Crippen LogP contribution in [0.5, 0.6) is 5.75 Å². The van der Waals surface area contributed by atoms with Crippen molar-refractivity contribution in [1.82, 2.24) is 0 Å². The van der Waals surface area contributed by atoms with E-state index in [9.17, 15) is 8.68 Å². The van der Waals surface area contributed by atoms with Crippen LogP contribution in [0.25, 0.3) is 0 Å². The largest absolute Gasteiger partial charge is 0.427 e. The molecule has 0 radical (unpaired) electrons. The molecule has 0 aromatic heterocycles. The van der Waals surface area contributed by atoms with E-state index in [1.54, 1.807) is 24.3 Å². The van der Waals surface area contributed by atoms with Gasteiger partial charge in [0.25, 0.3) is 0 Å². The average molecular weight is 228 g/mol. The van der Waals surface area contributed by atoms with Crippen LogP contribution in [0.1, 0.15) is 26.2 Å². The van der Waals surface area contributed by atoms with Gasteiger partial charge in [-0.3, -0.25) is 4.79 Å². The molecule has 0 spiro atoms. The molecule has 82 valence electrons. The molecule has 0 unspecified atom stereocenters. The third-order valence-electron chi connectivity index (χ3n) is 1.88. The lowest BCUT2D eigenvalue weighted by Gasteiger charge is -2.03. The van der Waals surface area contributed by atoms with Crippen LogP contribution in [0.2, 0.25) is 0 Å².